The van der Waals surface area contributed by atoms with Crippen molar-refractivity contribution in [3.8, 4) is 11.5 Å². The van der Waals surface area contributed by atoms with Gasteiger partial charge in [0.2, 0.25) is 0 Å². The summed E-state index contributed by atoms with van der Waals surface area (Å²) in [5.41, 5.74) is 1.22. The number of benzene rings is 1. The van der Waals surface area contributed by atoms with Gasteiger partial charge in [-0.15, -0.1) is 0 Å². The summed E-state index contributed by atoms with van der Waals surface area (Å²) in [7, 11) is 1.56. The summed E-state index contributed by atoms with van der Waals surface area (Å²) in [6.45, 7) is 0.642. The van der Waals surface area contributed by atoms with E-state index in [1.165, 1.54) is 5.56 Å². The Morgan fingerprint density at radius 3 is 2.71 bits per heavy atom. The van der Waals surface area contributed by atoms with Crippen LogP contribution in [0.5, 0.6) is 11.5 Å². The summed E-state index contributed by atoms with van der Waals surface area (Å²) in [5.74, 6) is 1.24. The van der Waals surface area contributed by atoms with Gasteiger partial charge in [0.25, 0.3) is 5.91 Å². The Morgan fingerprint density at radius 2 is 2.04 bits per heavy atom. The minimum Gasteiger partial charge on any atom is -0.493 e. The van der Waals surface area contributed by atoms with Gasteiger partial charge < -0.3 is 19.9 Å². The number of amides is 1. The molecule has 0 fully saturated rings. The van der Waals surface area contributed by atoms with Gasteiger partial charge in [0.05, 0.1) is 7.11 Å². The zero-order valence-corrected chi connectivity index (χ0v) is 14.6. The molecule has 130 valence electrons. The van der Waals surface area contributed by atoms with Gasteiger partial charge >= 0.3 is 0 Å². The Labute approximate surface area is 146 Å². The standard InChI is InChI=1S/C18H23NO4S/c1-22-16-4-2-3-5-17(16)23-12-18(21)19-9-6-14(7-10-20)15-8-11-24-13-15/h2-5,8,11,13-14,20H,6-7,9-10,12H2,1H3,(H,19,21)/t14-/m0/s1. The summed E-state index contributed by atoms with van der Waals surface area (Å²) in [6.07, 6.45) is 1.49. The third kappa shape index (κ3) is 5.54. The molecular weight excluding hydrogens is 326 g/mol. The number of methoxy groups -OCH3 is 1. The molecule has 1 aromatic heterocycles. The van der Waals surface area contributed by atoms with Crippen LogP contribution in [0.4, 0.5) is 0 Å². The van der Waals surface area contributed by atoms with Crippen molar-refractivity contribution in [1.29, 1.82) is 0 Å². The van der Waals surface area contributed by atoms with Crippen molar-refractivity contribution in [2.45, 2.75) is 18.8 Å². The van der Waals surface area contributed by atoms with Crippen LogP contribution in [0.15, 0.2) is 41.1 Å². The monoisotopic (exact) mass is 349 g/mol. The lowest BCUT2D eigenvalue weighted by Gasteiger charge is -2.15. The van der Waals surface area contributed by atoms with Crippen LogP contribution in [-0.2, 0) is 4.79 Å². The second-order valence-corrected chi connectivity index (χ2v) is 6.12. The highest BCUT2D eigenvalue weighted by molar-refractivity contribution is 7.07. The molecule has 0 aliphatic heterocycles. The Morgan fingerprint density at radius 1 is 1.25 bits per heavy atom. The van der Waals surface area contributed by atoms with Crippen LogP contribution in [0.2, 0.25) is 0 Å². The number of aliphatic hydroxyl groups is 1. The van der Waals surface area contributed by atoms with E-state index < -0.39 is 0 Å². The van der Waals surface area contributed by atoms with E-state index in [0.717, 1.165) is 6.42 Å². The molecule has 0 radical (unpaired) electrons. The number of ether oxygens (including phenoxy) is 2. The highest BCUT2D eigenvalue weighted by Crippen LogP contribution is 2.26. The molecule has 0 saturated heterocycles. The summed E-state index contributed by atoms with van der Waals surface area (Å²) in [4.78, 5) is 11.9. The van der Waals surface area contributed by atoms with E-state index >= 15 is 0 Å². The zero-order chi connectivity index (χ0) is 17.2. The van der Waals surface area contributed by atoms with Gasteiger partial charge in [-0.2, -0.15) is 11.3 Å². The lowest BCUT2D eigenvalue weighted by Crippen LogP contribution is -2.30. The number of carbonyl (C=O) groups is 1. The van der Waals surface area contributed by atoms with Crippen molar-refractivity contribution in [2.75, 3.05) is 26.9 Å². The molecule has 0 saturated carbocycles. The maximum absolute atomic E-state index is 11.9. The summed E-state index contributed by atoms with van der Waals surface area (Å²) in [5, 5.41) is 16.2. The molecule has 2 N–H and O–H groups in total. The van der Waals surface area contributed by atoms with Crippen molar-refractivity contribution >= 4 is 17.2 Å². The number of hydrogen-bond acceptors (Lipinski definition) is 5. The molecule has 2 rings (SSSR count). The van der Waals surface area contributed by atoms with Crippen LogP contribution >= 0.6 is 11.3 Å². The van der Waals surface area contributed by atoms with E-state index in [4.69, 9.17) is 9.47 Å². The number of carbonyl (C=O) groups excluding carboxylic acids is 1. The molecule has 0 spiro atoms. The molecule has 1 atom stereocenters. The third-order valence-electron chi connectivity index (χ3n) is 3.73. The molecule has 2 aromatic rings. The first-order chi connectivity index (χ1) is 11.7. The highest BCUT2D eigenvalue weighted by atomic mass is 32.1. The fraction of sp³-hybridized carbons (Fsp3) is 0.389. The van der Waals surface area contributed by atoms with Crippen LogP contribution in [0.1, 0.15) is 24.3 Å². The average Bonchev–Trinajstić information content (AvgIpc) is 3.14. The molecule has 6 heteroatoms. The van der Waals surface area contributed by atoms with Crippen LogP contribution in [0.3, 0.4) is 0 Å². The molecule has 1 heterocycles. The van der Waals surface area contributed by atoms with Gasteiger partial charge in [-0.1, -0.05) is 12.1 Å². The van der Waals surface area contributed by atoms with E-state index in [9.17, 15) is 9.90 Å². The molecular formula is C18H23NO4S. The number of aliphatic hydroxyl groups excluding tert-OH is 1. The van der Waals surface area contributed by atoms with Crippen LogP contribution in [0.25, 0.3) is 0 Å². The van der Waals surface area contributed by atoms with Gasteiger partial charge in [0, 0.05) is 13.2 Å². The molecule has 24 heavy (non-hydrogen) atoms. The number of hydrogen-bond donors (Lipinski definition) is 2. The molecule has 0 unspecified atom stereocenters. The van der Waals surface area contributed by atoms with Crippen molar-refractivity contribution in [3.63, 3.8) is 0 Å². The fourth-order valence-corrected chi connectivity index (χ4v) is 3.20. The van der Waals surface area contributed by atoms with E-state index in [2.05, 4.69) is 16.8 Å². The molecule has 5 nitrogen and oxygen atoms in total. The van der Waals surface area contributed by atoms with Crippen molar-refractivity contribution in [3.05, 3.63) is 46.7 Å². The third-order valence-corrected chi connectivity index (χ3v) is 4.44. The smallest absolute Gasteiger partial charge is 0.257 e. The first kappa shape index (κ1) is 18.3. The number of rotatable bonds is 10. The van der Waals surface area contributed by atoms with Crippen molar-refractivity contribution in [2.24, 2.45) is 0 Å². The predicted molar refractivity (Wildman–Crippen MR) is 94.9 cm³/mol. The topological polar surface area (TPSA) is 67.8 Å². The summed E-state index contributed by atoms with van der Waals surface area (Å²) >= 11 is 1.64. The molecule has 1 aromatic carbocycles. The van der Waals surface area contributed by atoms with Crippen molar-refractivity contribution in [1.82, 2.24) is 5.32 Å². The van der Waals surface area contributed by atoms with Gasteiger partial charge in [-0.25, -0.2) is 0 Å². The second-order valence-electron chi connectivity index (χ2n) is 5.34. The largest absolute Gasteiger partial charge is 0.493 e. The maximum atomic E-state index is 11.9. The number of nitrogens with one attached hydrogen (secondary N) is 1. The Kier molecular flexibility index (Phi) is 7.58. The Bertz CT molecular complexity index is 615. The lowest BCUT2D eigenvalue weighted by atomic mass is 9.95. The van der Waals surface area contributed by atoms with E-state index in [1.807, 2.05) is 17.5 Å². The van der Waals surface area contributed by atoms with Gasteiger partial charge in [0.15, 0.2) is 18.1 Å². The minimum absolute atomic E-state index is 0.0521. The van der Waals surface area contributed by atoms with Gasteiger partial charge in [0.1, 0.15) is 0 Å². The van der Waals surface area contributed by atoms with Crippen LogP contribution < -0.4 is 14.8 Å². The predicted octanol–water partition coefficient (Wildman–Crippen LogP) is 2.81. The maximum Gasteiger partial charge on any atom is 0.257 e. The second kappa shape index (κ2) is 9.95. The minimum atomic E-state index is -0.172. The SMILES string of the molecule is COc1ccccc1OCC(=O)NCC[C@@H](CCO)c1ccsc1. The summed E-state index contributed by atoms with van der Waals surface area (Å²) < 4.78 is 10.7. The van der Waals surface area contributed by atoms with Crippen molar-refractivity contribution < 1.29 is 19.4 Å². The fourth-order valence-electron chi connectivity index (χ4n) is 2.46. The quantitative estimate of drug-likeness (QED) is 0.692. The Balaban J connectivity index is 1.74. The molecule has 0 aliphatic rings. The molecule has 1 amide bonds. The van der Waals surface area contributed by atoms with Gasteiger partial charge in [-0.3, -0.25) is 4.79 Å². The first-order valence-electron chi connectivity index (χ1n) is 7.90. The van der Waals surface area contributed by atoms with Gasteiger partial charge in [-0.05, 0) is 53.3 Å². The van der Waals surface area contributed by atoms with E-state index in [0.29, 0.717) is 24.5 Å². The highest BCUT2D eigenvalue weighted by Gasteiger charge is 2.12. The Hall–Kier alpha value is -2.05. The first-order valence-corrected chi connectivity index (χ1v) is 8.84. The normalized spacial score (nSPS) is 11.8. The van der Waals surface area contributed by atoms with E-state index in [1.54, 1.807) is 30.6 Å². The van der Waals surface area contributed by atoms with E-state index in [-0.39, 0.29) is 25.0 Å². The zero-order valence-electron chi connectivity index (χ0n) is 13.7. The van der Waals surface area contributed by atoms with Crippen LogP contribution in [-0.4, -0.2) is 37.9 Å². The number of para-hydroxylation sites is 2. The van der Waals surface area contributed by atoms with Crippen LogP contribution in [0, 0.1) is 0 Å². The summed E-state index contributed by atoms with van der Waals surface area (Å²) in [6, 6.07) is 9.29. The lowest BCUT2D eigenvalue weighted by molar-refractivity contribution is -0.123. The average molecular weight is 349 g/mol. The molecule has 0 bridgehead atoms. The number of thiophene rings is 1. The molecule has 0 aliphatic carbocycles.